The van der Waals surface area contributed by atoms with Gasteiger partial charge in [-0.3, -0.25) is 4.79 Å². The molecule has 0 radical (unpaired) electrons. The molecule has 0 aliphatic heterocycles. The summed E-state index contributed by atoms with van der Waals surface area (Å²) in [6, 6.07) is 0. The zero-order chi connectivity index (χ0) is 20.5. The third kappa shape index (κ3) is 23.0. The Morgan fingerprint density at radius 3 is 1.79 bits per heavy atom. The van der Waals surface area contributed by atoms with Crippen molar-refractivity contribution in [1.29, 1.82) is 0 Å². The summed E-state index contributed by atoms with van der Waals surface area (Å²) < 4.78 is 5.31. The predicted molar refractivity (Wildman–Crippen MR) is 124 cm³/mol. The first kappa shape index (κ1) is 27.0. The molecule has 0 saturated heterocycles. The van der Waals surface area contributed by atoms with Crippen LogP contribution in [0.15, 0.2) is 24.3 Å². The second-order valence-corrected chi connectivity index (χ2v) is 7.97. The highest BCUT2D eigenvalue weighted by Gasteiger charge is 2.02. The lowest BCUT2D eigenvalue weighted by atomic mass is 10.1. The number of hydrogen-bond acceptors (Lipinski definition) is 2. The number of carbonyl (C=O) groups excluding carboxylic acids is 1. The van der Waals surface area contributed by atoms with E-state index in [9.17, 15) is 4.79 Å². The standard InChI is InChI=1S/C26H48O2/c1-3-5-7-9-11-12-13-14-15-16-17-18-19-20-22-24-26(27)28-25-23-21-10-8-6-4-2/h11-12,14-15H,3-10,13,16-25H2,1-2H3. The molecule has 28 heavy (non-hydrogen) atoms. The minimum Gasteiger partial charge on any atom is -0.466 e. The average Bonchev–Trinajstić information content (AvgIpc) is 2.70. The van der Waals surface area contributed by atoms with Gasteiger partial charge in [0.25, 0.3) is 0 Å². The molecule has 0 aliphatic carbocycles. The molecule has 0 saturated carbocycles. The normalized spacial score (nSPS) is 11.6. The van der Waals surface area contributed by atoms with E-state index in [1.165, 1.54) is 83.5 Å². The van der Waals surface area contributed by atoms with E-state index in [-0.39, 0.29) is 5.97 Å². The molecule has 0 heterocycles. The van der Waals surface area contributed by atoms with Crippen LogP contribution >= 0.6 is 0 Å². The largest absolute Gasteiger partial charge is 0.466 e. The number of hydrogen-bond donors (Lipinski definition) is 0. The van der Waals surface area contributed by atoms with Gasteiger partial charge in [-0.15, -0.1) is 0 Å². The van der Waals surface area contributed by atoms with E-state index < -0.39 is 0 Å². The van der Waals surface area contributed by atoms with Crippen LogP contribution in [0.3, 0.4) is 0 Å². The summed E-state index contributed by atoms with van der Waals surface area (Å²) in [7, 11) is 0. The van der Waals surface area contributed by atoms with Crippen molar-refractivity contribution in [3.05, 3.63) is 24.3 Å². The molecule has 0 unspecified atom stereocenters. The molecule has 0 aromatic carbocycles. The number of allylic oxidation sites excluding steroid dienone is 4. The summed E-state index contributed by atoms with van der Waals surface area (Å²) in [6.07, 6.45) is 30.6. The van der Waals surface area contributed by atoms with Gasteiger partial charge in [-0.05, 0) is 44.9 Å². The van der Waals surface area contributed by atoms with Crippen molar-refractivity contribution < 1.29 is 9.53 Å². The van der Waals surface area contributed by atoms with Crippen molar-refractivity contribution in [2.75, 3.05) is 6.61 Å². The maximum atomic E-state index is 11.7. The maximum absolute atomic E-state index is 11.7. The van der Waals surface area contributed by atoms with Crippen molar-refractivity contribution in [3.63, 3.8) is 0 Å². The number of ether oxygens (including phenoxy) is 1. The first-order valence-corrected chi connectivity index (χ1v) is 12.3. The molecule has 2 nitrogen and oxygen atoms in total. The van der Waals surface area contributed by atoms with Gasteiger partial charge in [-0.2, -0.15) is 0 Å². The molecule has 0 aliphatic rings. The number of esters is 1. The number of rotatable bonds is 21. The van der Waals surface area contributed by atoms with E-state index in [0.717, 1.165) is 25.7 Å². The molecule has 0 spiro atoms. The lowest BCUT2D eigenvalue weighted by Crippen LogP contribution is -2.05. The lowest BCUT2D eigenvalue weighted by Gasteiger charge is -2.05. The van der Waals surface area contributed by atoms with E-state index in [0.29, 0.717) is 13.0 Å². The monoisotopic (exact) mass is 392 g/mol. The molecular weight excluding hydrogens is 344 g/mol. The smallest absolute Gasteiger partial charge is 0.305 e. The topological polar surface area (TPSA) is 26.3 Å². The Bertz CT molecular complexity index is 371. The van der Waals surface area contributed by atoms with E-state index in [2.05, 4.69) is 38.2 Å². The SMILES string of the molecule is CCCCCC=CCC=CCCCCCCCC(=O)OCCCCCCCC. The molecule has 2 heteroatoms. The van der Waals surface area contributed by atoms with Crippen LogP contribution in [-0.4, -0.2) is 12.6 Å². The van der Waals surface area contributed by atoms with Gasteiger partial charge in [0.15, 0.2) is 0 Å². The Labute approximate surface area is 176 Å². The van der Waals surface area contributed by atoms with Crippen molar-refractivity contribution in [3.8, 4) is 0 Å². The van der Waals surface area contributed by atoms with Crippen LogP contribution in [0.2, 0.25) is 0 Å². The van der Waals surface area contributed by atoms with Crippen LogP contribution in [0.1, 0.15) is 129 Å². The second kappa shape index (κ2) is 24.0. The molecule has 0 N–H and O–H groups in total. The Morgan fingerprint density at radius 1 is 0.607 bits per heavy atom. The number of carbonyl (C=O) groups is 1. The lowest BCUT2D eigenvalue weighted by molar-refractivity contribution is -0.143. The van der Waals surface area contributed by atoms with Crippen LogP contribution in [-0.2, 0) is 9.53 Å². The molecule has 164 valence electrons. The van der Waals surface area contributed by atoms with Gasteiger partial charge in [-0.1, -0.05) is 102 Å². The Morgan fingerprint density at radius 2 is 1.11 bits per heavy atom. The average molecular weight is 393 g/mol. The zero-order valence-electron chi connectivity index (χ0n) is 19.1. The van der Waals surface area contributed by atoms with Gasteiger partial charge in [0.1, 0.15) is 0 Å². The van der Waals surface area contributed by atoms with Gasteiger partial charge < -0.3 is 4.74 Å². The van der Waals surface area contributed by atoms with E-state index in [1.54, 1.807) is 0 Å². The molecular formula is C26H48O2. The van der Waals surface area contributed by atoms with Crippen LogP contribution in [0.4, 0.5) is 0 Å². The van der Waals surface area contributed by atoms with Crippen LogP contribution < -0.4 is 0 Å². The van der Waals surface area contributed by atoms with Gasteiger partial charge >= 0.3 is 5.97 Å². The van der Waals surface area contributed by atoms with E-state index >= 15 is 0 Å². The molecule has 0 fully saturated rings. The highest BCUT2D eigenvalue weighted by molar-refractivity contribution is 5.69. The molecule has 0 bridgehead atoms. The third-order valence-corrected chi connectivity index (χ3v) is 5.09. The minimum atomic E-state index is -0.000703. The Kier molecular flexibility index (Phi) is 23.1. The van der Waals surface area contributed by atoms with E-state index in [1.807, 2.05) is 0 Å². The van der Waals surface area contributed by atoms with Gasteiger partial charge in [-0.25, -0.2) is 0 Å². The highest BCUT2D eigenvalue weighted by Crippen LogP contribution is 2.09. The van der Waals surface area contributed by atoms with Crippen LogP contribution in [0, 0.1) is 0 Å². The third-order valence-electron chi connectivity index (χ3n) is 5.09. The Hall–Kier alpha value is -1.05. The van der Waals surface area contributed by atoms with Gasteiger partial charge in [0.05, 0.1) is 6.61 Å². The molecule has 0 aromatic heterocycles. The van der Waals surface area contributed by atoms with Crippen LogP contribution in [0.25, 0.3) is 0 Å². The fraction of sp³-hybridized carbons (Fsp3) is 0.808. The predicted octanol–water partition coefficient (Wildman–Crippen LogP) is 8.70. The number of unbranched alkanes of at least 4 members (excludes halogenated alkanes) is 13. The van der Waals surface area contributed by atoms with Gasteiger partial charge in [0, 0.05) is 6.42 Å². The fourth-order valence-electron chi connectivity index (χ4n) is 3.22. The summed E-state index contributed by atoms with van der Waals surface area (Å²) in [5, 5.41) is 0. The summed E-state index contributed by atoms with van der Waals surface area (Å²) in [4.78, 5) is 11.7. The van der Waals surface area contributed by atoms with Crippen molar-refractivity contribution >= 4 is 5.97 Å². The van der Waals surface area contributed by atoms with Crippen molar-refractivity contribution in [1.82, 2.24) is 0 Å². The van der Waals surface area contributed by atoms with Crippen molar-refractivity contribution in [2.45, 2.75) is 129 Å². The quantitative estimate of drug-likeness (QED) is 0.111. The first-order valence-electron chi connectivity index (χ1n) is 12.3. The summed E-state index contributed by atoms with van der Waals surface area (Å²) in [5.74, 6) is -0.000703. The summed E-state index contributed by atoms with van der Waals surface area (Å²) in [5.41, 5.74) is 0. The molecule has 0 atom stereocenters. The highest BCUT2D eigenvalue weighted by atomic mass is 16.5. The zero-order valence-corrected chi connectivity index (χ0v) is 19.1. The molecule has 0 aromatic rings. The second-order valence-electron chi connectivity index (χ2n) is 7.97. The van der Waals surface area contributed by atoms with Crippen LogP contribution in [0.5, 0.6) is 0 Å². The minimum absolute atomic E-state index is 0.000703. The summed E-state index contributed by atoms with van der Waals surface area (Å²) >= 11 is 0. The molecule has 0 rings (SSSR count). The molecule has 0 amide bonds. The maximum Gasteiger partial charge on any atom is 0.305 e. The Balaban J connectivity index is 3.25. The fourth-order valence-corrected chi connectivity index (χ4v) is 3.22. The summed E-state index contributed by atoms with van der Waals surface area (Å²) in [6.45, 7) is 5.10. The van der Waals surface area contributed by atoms with Gasteiger partial charge in [0.2, 0.25) is 0 Å². The first-order chi connectivity index (χ1) is 13.8. The van der Waals surface area contributed by atoms with E-state index in [4.69, 9.17) is 4.74 Å². The van der Waals surface area contributed by atoms with Crippen molar-refractivity contribution in [2.24, 2.45) is 0 Å².